The summed E-state index contributed by atoms with van der Waals surface area (Å²) in [6.07, 6.45) is 4.33. The minimum Gasteiger partial charge on any atom is -1.00 e. The van der Waals surface area contributed by atoms with Gasteiger partial charge in [0.25, 0.3) is 0 Å². The van der Waals surface area contributed by atoms with Crippen molar-refractivity contribution < 1.29 is 17.0 Å². The van der Waals surface area contributed by atoms with E-state index in [0.717, 1.165) is 25.6 Å². The monoisotopic (exact) mass is 189 g/mol. The van der Waals surface area contributed by atoms with Crippen molar-refractivity contribution in [2.75, 3.05) is 19.6 Å². The van der Waals surface area contributed by atoms with Gasteiger partial charge in [-0.15, -0.1) is 0 Å². The molecule has 0 saturated carbocycles. The second-order valence-electron chi connectivity index (χ2n) is 2.75. The number of nitrogens with two attached hydrogens (primary N) is 1. The molecule has 1 rings (SSSR count). The van der Waals surface area contributed by atoms with E-state index < -0.39 is 0 Å². The lowest BCUT2D eigenvalue weighted by Gasteiger charge is -2.01. The Morgan fingerprint density at radius 2 is 2.08 bits per heavy atom. The van der Waals surface area contributed by atoms with Gasteiger partial charge in [0, 0.05) is 0 Å². The fourth-order valence-corrected chi connectivity index (χ4v) is 1.25. The van der Waals surface area contributed by atoms with Crippen molar-refractivity contribution in [3.63, 3.8) is 0 Å². The van der Waals surface area contributed by atoms with Crippen molar-refractivity contribution in [3.8, 4) is 0 Å². The number of hydrogen-bond acceptors (Lipinski definition) is 0. The van der Waals surface area contributed by atoms with E-state index in [-0.39, 0.29) is 12.4 Å². The second kappa shape index (κ2) is 5.89. The maximum atomic E-state index is 5.75. The first-order valence-electron chi connectivity index (χ1n) is 4.06. The van der Waals surface area contributed by atoms with E-state index in [1.165, 1.54) is 12.8 Å². The summed E-state index contributed by atoms with van der Waals surface area (Å²) in [6, 6.07) is 0. The molecule has 1 fully saturated rings. The average Bonchev–Trinajstić information content (AvgIpc) is 2.52. The topological polar surface area (TPSA) is 41.1 Å². The molecule has 4 heteroatoms. The first kappa shape index (κ1) is 11.3. The highest BCUT2D eigenvalue weighted by Crippen LogP contribution is 1.99. The highest BCUT2D eigenvalue weighted by molar-refractivity contribution is 5.72. The number of nitrogens with zero attached hydrogens (tertiary/aromatic N) is 1. The van der Waals surface area contributed by atoms with Crippen LogP contribution < -0.4 is 23.5 Å². The molecule has 1 aliphatic heterocycles. The Kier molecular flexibility index (Phi) is 5.54. The van der Waals surface area contributed by atoms with Crippen molar-refractivity contribution in [2.24, 2.45) is 5.73 Å². The minimum absolute atomic E-state index is 0. The van der Waals surface area contributed by atoms with E-state index in [0.29, 0.717) is 0 Å². The molecule has 0 aliphatic carbocycles. The number of hydrogen-bond donors (Lipinski definition) is 2. The summed E-state index contributed by atoms with van der Waals surface area (Å²) >= 11 is 0. The molecule has 0 aromatic rings. The van der Waals surface area contributed by atoms with Crippen molar-refractivity contribution in [1.82, 2.24) is 5.32 Å². The van der Waals surface area contributed by atoms with Gasteiger partial charge in [-0.2, -0.15) is 0 Å². The van der Waals surface area contributed by atoms with Gasteiger partial charge in [0.15, 0.2) is 0 Å². The third-order valence-electron chi connectivity index (χ3n) is 1.87. The van der Waals surface area contributed by atoms with Gasteiger partial charge in [0.05, 0.1) is 19.6 Å². The molecule has 0 spiro atoms. The maximum Gasteiger partial charge on any atom is 0.343 e. The Morgan fingerprint density at radius 1 is 1.50 bits per heavy atom. The third-order valence-corrected chi connectivity index (χ3v) is 1.87. The van der Waals surface area contributed by atoms with Crippen LogP contribution in [-0.4, -0.2) is 30.2 Å². The Bertz CT molecular complexity index is 169. The molecule has 0 unspecified atom stereocenters. The largest absolute Gasteiger partial charge is 1.00 e. The summed E-state index contributed by atoms with van der Waals surface area (Å²) in [5.74, 6) is 0.794. The summed E-state index contributed by atoms with van der Waals surface area (Å²) in [6.45, 7) is 6.55. The van der Waals surface area contributed by atoms with E-state index in [9.17, 15) is 0 Å². The number of guanidine groups is 1. The zero-order valence-electron chi connectivity index (χ0n) is 7.22. The van der Waals surface area contributed by atoms with E-state index in [2.05, 4.69) is 16.5 Å². The lowest BCUT2D eigenvalue weighted by molar-refractivity contribution is -0.509. The van der Waals surface area contributed by atoms with Crippen LogP contribution in [-0.2, 0) is 0 Å². The summed E-state index contributed by atoms with van der Waals surface area (Å²) < 4.78 is 2.17. The Balaban J connectivity index is 0.00000121. The normalized spacial score (nSPS) is 15.2. The molecule has 70 valence electrons. The van der Waals surface area contributed by atoms with Crippen LogP contribution in [0.25, 0.3) is 0 Å². The zero-order valence-corrected chi connectivity index (χ0v) is 7.98. The lowest BCUT2D eigenvalue weighted by atomic mass is 10.4. The number of rotatable bonds is 2. The van der Waals surface area contributed by atoms with E-state index in [1.807, 2.05) is 6.08 Å². The molecule has 0 radical (unpaired) electrons. The van der Waals surface area contributed by atoms with Crippen LogP contribution in [0.3, 0.4) is 0 Å². The molecule has 1 saturated heterocycles. The summed E-state index contributed by atoms with van der Waals surface area (Å²) in [5, 5.41) is 3.08. The standard InChI is InChI=1S/C8H15N3.ClH/c1-2-5-10-8(9)11-6-3-4-7-11;/h2H,1,3-7H2,(H2,9,10);1H. The minimum atomic E-state index is 0. The smallest absolute Gasteiger partial charge is 0.343 e. The Labute approximate surface area is 79.7 Å². The van der Waals surface area contributed by atoms with Gasteiger partial charge in [0.1, 0.15) is 0 Å². The van der Waals surface area contributed by atoms with Crippen molar-refractivity contribution in [3.05, 3.63) is 12.7 Å². The van der Waals surface area contributed by atoms with E-state index in [4.69, 9.17) is 5.73 Å². The van der Waals surface area contributed by atoms with Gasteiger partial charge in [-0.05, 0) is 12.8 Å². The summed E-state index contributed by atoms with van der Waals surface area (Å²) in [7, 11) is 0. The van der Waals surface area contributed by atoms with Crippen LogP contribution in [0, 0.1) is 0 Å². The van der Waals surface area contributed by atoms with Gasteiger partial charge >= 0.3 is 5.96 Å². The molecule has 1 heterocycles. The van der Waals surface area contributed by atoms with Crippen LogP contribution >= 0.6 is 0 Å². The molecule has 12 heavy (non-hydrogen) atoms. The number of nitrogens with one attached hydrogen (secondary N) is 1. The zero-order chi connectivity index (χ0) is 8.10. The SMILES string of the molecule is C=CCNC(N)=[N+]1CCCC1.[Cl-]. The summed E-state index contributed by atoms with van der Waals surface area (Å²) in [5.41, 5.74) is 5.75. The van der Waals surface area contributed by atoms with Gasteiger partial charge in [-0.25, -0.2) is 0 Å². The predicted octanol–water partition coefficient (Wildman–Crippen LogP) is -3.11. The Morgan fingerprint density at radius 3 is 2.58 bits per heavy atom. The highest BCUT2D eigenvalue weighted by Gasteiger charge is 2.12. The highest BCUT2D eigenvalue weighted by atomic mass is 35.5. The third kappa shape index (κ3) is 3.13. The van der Waals surface area contributed by atoms with Crippen LogP contribution in [0.5, 0.6) is 0 Å². The molecule has 3 nitrogen and oxygen atoms in total. The van der Waals surface area contributed by atoms with Crippen LogP contribution in [0.15, 0.2) is 12.7 Å². The first-order valence-corrected chi connectivity index (χ1v) is 4.06. The van der Waals surface area contributed by atoms with Crippen molar-refractivity contribution in [2.45, 2.75) is 12.8 Å². The molecule has 0 atom stereocenters. The molecule has 0 amide bonds. The lowest BCUT2D eigenvalue weighted by Crippen LogP contribution is -3.00. The quantitative estimate of drug-likeness (QED) is 0.274. The van der Waals surface area contributed by atoms with Crippen molar-refractivity contribution in [1.29, 1.82) is 0 Å². The van der Waals surface area contributed by atoms with E-state index >= 15 is 0 Å². The predicted molar refractivity (Wildman–Crippen MR) is 46.6 cm³/mol. The molecule has 3 N–H and O–H groups in total. The number of halogens is 1. The van der Waals surface area contributed by atoms with Crippen molar-refractivity contribution >= 4 is 5.96 Å². The van der Waals surface area contributed by atoms with Crippen LogP contribution in [0.2, 0.25) is 0 Å². The molecule has 1 aliphatic rings. The first-order chi connectivity index (χ1) is 5.34. The van der Waals surface area contributed by atoms with Gasteiger partial charge in [-0.1, -0.05) is 12.7 Å². The average molecular weight is 190 g/mol. The van der Waals surface area contributed by atoms with Gasteiger partial charge in [0.2, 0.25) is 0 Å². The van der Waals surface area contributed by atoms with Gasteiger partial charge in [-0.3, -0.25) is 15.6 Å². The van der Waals surface area contributed by atoms with Crippen LogP contribution in [0.1, 0.15) is 12.8 Å². The maximum absolute atomic E-state index is 5.75. The molecule has 0 aromatic carbocycles. The van der Waals surface area contributed by atoms with Gasteiger partial charge < -0.3 is 12.4 Å². The fourth-order valence-electron chi connectivity index (χ4n) is 1.25. The fraction of sp³-hybridized carbons (Fsp3) is 0.625. The van der Waals surface area contributed by atoms with Crippen LogP contribution in [0.4, 0.5) is 0 Å². The molecular weight excluding hydrogens is 174 g/mol. The summed E-state index contributed by atoms with van der Waals surface area (Å²) in [4.78, 5) is 0. The molecule has 0 bridgehead atoms. The van der Waals surface area contributed by atoms with E-state index in [1.54, 1.807) is 0 Å². The Hall–Kier alpha value is -0.700. The second-order valence-corrected chi connectivity index (χ2v) is 2.75. The molecular formula is C8H16ClN3. The molecule has 0 aromatic heterocycles.